The number of hydrogen-bond acceptors (Lipinski definition) is 5. The lowest BCUT2D eigenvalue weighted by molar-refractivity contribution is -0.147. The van der Waals surface area contributed by atoms with Gasteiger partial charge in [0.25, 0.3) is 11.8 Å². The molecule has 0 aliphatic carbocycles. The van der Waals surface area contributed by atoms with Gasteiger partial charge in [0.15, 0.2) is 6.61 Å². The molecule has 0 saturated heterocycles. The molecule has 9 heteroatoms. The van der Waals surface area contributed by atoms with Crippen LogP contribution in [0.25, 0.3) is 0 Å². The maximum atomic E-state index is 13.0. The number of nitrogens with one attached hydrogen (secondary N) is 3. The Balaban J connectivity index is 2.27. The molecule has 0 unspecified atom stereocenters. The van der Waals surface area contributed by atoms with Gasteiger partial charge in [-0.2, -0.15) is 0 Å². The minimum absolute atomic E-state index is 0.0485. The summed E-state index contributed by atoms with van der Waals surface area (Å²) >= 11 is 0. The highest BCUT2D eigenvalue weighted by Crippen LogP contribution is 2.02. The molecule has 0 heterocycles. The number of benzene rings is 1. The summed E-state index contributed by atoms with van der Waals surface area (Å²) in [5.41, 5.74) is 0.0485. The zero-order valence-corrected chi connectivity index (χ0v) is 13.9. The van der Waals surface area contributed by atoms with Gasteiger partial charge >= 0.3 is 12.0 Å². The van der Waals surface area contributed by atoms with Gasteiger partial charge in [0, 0.05) is 12.1 Å². The second-order valence-electron chi connectivity index (χ2n) is 5.51. The molecular weight excluding hydrogens is 333 g/mol. The molecule has 0 aromatic heterocycles. The fourth-order valence-corrected chi connectivity index (χ4v) is 1.59. The Bertz CT molecular complexity index is 648. The van der Waals surface area contributed by atoms with Crippen molar-refractivity contribution in [2.45, 2.75) is 13.8 Å². The number of rotatable bonds is 7. The highest BCUT2D eigenvalue weighted by atomic mass is 19.1. The molecule has 0 aliphatic rings. The smallest absolute Gasteiger partial charge is 0.325 e. The largest absolute Gasteiger partial charge is 0.454 e. The van der Waals surface area contributed by atoms with Crippen molar-refractivity contribution in [3.63, 3.8) is 0 Å². The molecule has 0 radical (unpaired) electrons. The number of carbonyl (C=O) groups excluding carboxylic acids is 4. The average Bonchev–Trinajstić information content (AvgIpc) is 2.56. The van der Waals surface area contributed by atoms with Crippen molar-refractivity contribution in [3.05, 3.63) is 35.6 Å². The topological polar surface area (TPSA) is 114 Å². The standard InChI is InChI=1S/C16H20FN3O5/c1-10(2)7-19-16(24)20-13(21)9-25-14(22)8-18-15(23)11-4-3-5-12(17)6-11/h3-6,10H,7-9H2,1-2H3,(H,18,23)(H2,19,20,21,24). The summed E-state index contributed by atoms with van der Waals surface area (Å²) < 4.78 is 17.6. The molecule has 1 rings (SSSR count). The number of hydrogen-bond donors (Lipinski definition) is 3. The summed E-state index contributed by atoms with van der Waals surface area (Å²) in [5.74, 6) is -2.69. The minimum Gasteiger partial charge on any atom is -0.454 e. The first-order valence-electron chi connectivity index (χ1n) is 7.55. The van der Waals surface area contributed by atoms with E-state index in [-0.39, 0.29) is 11.5 Å². The van der Waals surface area contributed by atoms with Crippen molar-refractivity contribution in [3.8, 4) is 0 Å². The highest BCUT2D eigenvalue weighted by molar-refractivity contribution is 5.97. The molecule has 0 atom stereocenters. The molecule has 0 bridgehead atoms. The van der Waals surface area contributed by atoms with Gasteiger partial charge in [-0.05, 0) is 24.1 Å². The number of amides is 4. The van der Waals surface area contributed by atoms with E-state index in [0.29, 0.717) is 6.54 Å². The summed E-state index contributed by atoms with van der Waals surface area (Å²) in [4.78, 5) is 45.9. The highest BCUT2D eigenvalue weighted by Gasteiger charge is 2.13. The summed E-state index contributed by atoms with van der Waals surface area (Å²) in [6.07, 6.45) is 0. The van der Waals surface area contributed by atoms with Crippen molar-refractivity contribution in [2.24, 2.45) is 5.92 Å². The summed E-state index contributed by atoms with van der Waals surface area (Å²) in [7, 11) is 0. The Kier molecular flexibility index (Phi) is 8.04. The number of esters is 1. The number of carbonyl (C=O) groups is 4. The van der Waals surface area contributed by atoms with E-state index >= 15 is 0 Å². The monoisotopic (exact) mass is 353 g/mol. The predicted octanol–water partition coefficient (Wildman–Crippen LogP) is 0.580. The first-order valence-corrected chi connectivity index (χ1v) is 7.55. The van der Waals surface area contributed by atoms with E-state index in [9.17, 15) is 23.6 Å². The molecule has 136 valence electrons. The first kappa shape index (κ1) is 20.1. The molecule has 0 saturated carbocycles. The maximum absolute atomic E-state index is 13.0. The molecule has 25 heavy (non-hydrogen) atoms. The number of ether oxygens (including phenoxy) is 1. The molecule has 1 aromatic rings. The van der Waals surface area contributed by atoms with Crippen LogP contribution in [0.3, 0.4) is 0 Å². The molecule has 0 fully saturated rings. The van der Waals surface area contributed by atoms with Crippen molar-refractivity contribution in [1.82, 2.24) is 16.0 Å². The lowest BCUT2D eigenvalue weighted by Crippen LogP contribution is -2.43. The van der Waals surface area contributed by atoms with Crippen molar-refractivity contribution >= 4 is 23.8 Å². The lowest BCUT2D eigenvalue weighted by Gasteiger charge is -2.09. The Morgan fingerprint density at radius 3 is 2.52 bits per heavy atom. The molecular formula is C16H20FN3O5. The number of imide groups is 1. The van der Waals surface area contributed by atoms with Gasteiger partial charge in [-0.15, -0.1) is 0 Å². The van der Waals surface area contributed by atoms with Gasteiger partial charge in [-0.1, -0.05) is 19.9 Å². The molecule has 0 aliphatic heterocycles. The quantitative estimate of drug-likeness (QED) is 0.621. The van der Waals surface area contributed by atoms with E-state index in [1.165, 1.54) is 18.2 Å². The zero-order chi connectivity index (χ0) is 18.8. The van der Waals surface area contributed by atoms with E-state index < -0.39 is 42.8 Å². The van der Waals surface area contributed by atoms with E-state index in [2.05, 4.69) is 15.4 Å². The van der Waals surface area contributed by atoms with Gasteiger partial charge in [-0.3, -0.25) is 19.7 Å². The lowest BCUT2D eigenvalue weighted by atomic mass is 10.2. The first-order chi connectivity index (χ1) is 11.8. The van der Waals surface area contributed by atoms with Crippen LogP contribution in [-0.2, 0) is 14.3 Å². The van der Waals surface area contributed by atoms with Crippen LogP contribution in [0.5, 0.6) is 0 Å². The van der Waals surface area contributed by atoms with Gasteiger partial charge < -0.3 is 15.4 Å². The van der Waals surface area contributed by atoms with Crippen molar-refractivity contribution in [1.29, 1.82) is 0 Å². The number of halogens is 1. The Labute approximate surface area is 144 Å². The third-order valence-electron chi connectivity index (χ3n) is 2.77. The van der Waals surface area contributed by atoms with Crippen LogP contribution in [0.15, 0.2) is 24.3 Å². The van der Waals surface area contributed by atoms with E-state index in [0.717, 1.165) is 6.07 Å². The van der Waals surface area contributed by atoms with Gasteiger partial charge in [0.2, 0.25) is 0 Å². The third kappa shape index (κ3) is 8.45. The van der Waals surface area contributed by atoms with E-state index in [1.807, 2.05) is 19.2 Å². The summed E-state index contributed by atoms with van der Waals surface area (Å²) in [5, 5.41) is 6.69. The Hall–Kier alpha value is -2.97. The Morgan fingerprint density at radius 2 is 1.88 bits per heavy atom. The second kappa shape index (κ2) is 10.0. The molecule has 0 spiro atoms. The van der Waals surface area contributed by atoms with Crippen LogP contribution in [0.1, 0.15) is 24.2 Å². The van der Waals surface area contributed by atoms with Crippen molar-refractivity contribution < 1.29 is 28.3 Å². The third-order valence-corrected chi connectivity index (χ3v) is 2.77. The number of urea groups is 1. The summed E-state index contributed by atoms with van der Waals surface area (Å²) in [6, 6.07) is 4.25. The molecule has 1 aromatic carbocycles. The van der Waals surface area contributed by atoms with Crippen LogP contribution in [0, 0.1) is 11.7 Å². The minimum atomic E-state index is -0.873. The molecule has 8 nitrogen and oxygen atoms in total. The SMILES string of the molecule is CC(C)CNC(=O)NC(=O)COC(=O)CNC(=O)c1cccc(F)c1. The van der Waals surface area contributed by atoms with Crippen molar-refractivity contribution in [2.75, 3.05) is 19.7 Å². The maximum Gasteiger partial charge on any atom is 0.325 e. The normalized spacial score (nSPS) is 10.1. The van der Waals surface area contributed by atoms with E-state index in [1.54, 1.807) is 0 Å². The van der Waals surface area contributed by atoms with Crippen LogP contribution in [-0.4, -0.2) is 43.5 Å². The van der Waals surface area contributed by atoms with E-state index in [4.69, 9.17) is 0 Å². The van der Waals surface area contributed by atoms with Gasteiger partial charge in [0.1, 0.15) is 12.4 Å². The van der Waals surface area contributed by atoms with Gasteiger partial charge in [-0.25, -0.2) is 9.18 Å². The van der Waals surface area contributed by atoms with Crippen LogP contribution in [0.2, 0.25) is 0 Å². The van der Waals surface area contributed by atoms with Gasteiger partial charge in [0.05, 0.1) is 0 Å². The fourth-order valence-electron chi connectivity index (χ4n) is 1.59. The van der Waals surface area contributed by atoms with Crippen LogP contribution < -0.4 is 16.0 Å². The molecule has 3 N–H and O–H groups in total. The average molecular weight is 353 g/mol. The fraction of sp³-hybridized carbons (Fsp3) is 0.375. The predicted molar refractivity (Wildman–Crippen MR) is 86.1 cm³/mol. The Morgan fingerprint density at radius 1 is 1.16 bits per heavy atom. The summed E-state index contributed by atoms with van der Waals surface area (Å²) in [6.45, 7) is 3.01. The van der Waals surface area contributed by atoms with Crippen LogP contribution in [0.4, 0.5) is 9.18 Å². The van der Waals surface area contributed by atoms with Crippen LogP contribution >= 0.6 is 0 Å². The molecule has 4 amide bonds. The zero-order valence-electron chi connectivity index (χ0n) is 13.9. The second-order valence-corrected chi connectivity index (χ2v) is 5.51.